The number of halogens is 3. The summed E-state index contributed by atoms with van der Waals surface area (Å²) in [6.45, 7) is 0. The number of nitrogens with two attached hydrogens (primary N) is 1. The molecule has 20 heavy (non-hydrogen) atoms. The van der Waals surface area contributed by atoms with Gasteiger partial charge in [-0.05, 0) is 6.07 Å². The second kappa shape index (κ2) is 5.13. The van der Waals surface area contributed by atoms with E-state index in [4.69, 9.17) is 40.5 Å². The summed E-state index contributed by atoms with van der Waals surface area (Å²) in [4.78, 5) is 4.35. The van der Waals surface area contributed by atoms with E-state index >= 15 is 0 Å². The SMILES string of the molecule is Nc1c(-c2cccc(Cl)c2Cl)cnc2c(CCl)cnn12. The molecule has 0 spiro atoms. The van der Waals surface area contributed by atoms with Crippen LogP contribution < -0.4 is 5.73 Å². The summed E-state index contributed by atoms with van der Waals surface area (Å²) in [5.74, 6) is 0.767. The van der Waals surface area contributed by atoms with E-state index in [1.54, 1.807) is 29.0 Å². The van der Waals surface area contributed by atoms with Crippen molar-refractivity contribution in [1.29, 1.82) is 0 Å². The van der Waals surface area contributed by atoms with Gasteiger partial charge in [0.15, 0.2) is 5.65 Å². The molecule has 3 aromatic rings. The van der Waals surface area contributed by atoms with E-state index in [1.165, 1.54) is 0 Å². The van der Waals surface area contributed by atoms with Gasteiger partial charge in [-0.1, -0.05) is 35.3 Å². The number of rotatable bonds is 2. The molecule has 0 saturated heterocycles. The summed E-state index contributed by atoms with van der Waals surface area (Å²) < 4.78 is 1.55. The highest BCUT2D eigenvalue weighted by molar-refractivity contribution is 6.43. The molecule has 0 radical (unpaired) electrons. The van der Waals surface area contributed by atoms with Crippen LogP contribution in [-0.4, -0.2) is 14.6 Å². The molecule has 4 nitrogen and oxygen atoms in total. The summed E-state index contributed by atoms with van der Waals surface area (Å²) in [7, 11) is 0. The van der Waals surface area contributed by atoms with E-state index in [2.05, 4.69) is 10.1 Å². The molecule has 7 heteroatoms. The Morgan fingerprint density at radius 2 is 1.95 bits per heavy atom. The van der Waals surface area contributed by atoms with Crippen molar-refractivity contribution in [2.75, 3.05) is 5.73 Å². The molecule has 0 amide bonds. The molecular formula is C13H9Cl3N4. The lowest BCUT2D eigenvalue weighted by atomic mass is 10.1. The molecule has 2 heterocycles. The third kappa shape index (κ3) is 2.00. The molecule has 0 fully saturated rings. The van der Waals surface area contributed by atoms with E-state index in [9.17, 15) is 0 Å². The second-order valence-electron chi connectivity index (χ2n) is 4.20. The third-order valence-electron chi connectivity index (χ3n) is 3.02. The molecule has 0 unspecified atom stereocenters. The van der Waals surface area contributed by atoms with Crippen molar-refractivity contribution in [3.63, 3.8) is 0 Å². The van der Waals surface area contributed by atoms with Crippen molar-refractivity contribution < 1.29 is 0 Å². The van der Waals surface area contributed by atoms with Crippen molar-refractivity contribution in [3.05, 3.63) is 46.2 Å². The summed E-state index contributed by atoms with van der Waals surface area (Å²) in [5, 5.41) is 5.10. The zero-order valence-corrected chi connectivity index (χ0v) is 12.4. The zero-order chi connectivity index (χ0) is 14.3. The maximum absolute atomic E-state index is 6.22. The number of aromatic nitrogens is 3. The summed E-state index contributed by atoms with van der Waals surface area (Å²) >= 11 is 18.1. The minimum atomic E-state index is 0.327. The summed E-state index contributed by atoms with van der Waals surface area (Å²) in [6.07, 6.45) is 3.30. The van der Waals surface area contributed by atoms with E-state index in [1.807, 2.05) is 6.07 Å². The van der Waals surface area contributed by atoms with Gasteiger partial charge in [0.05, 0.1) is 22.1 Å². The highest BCUT2D eigenvalue weighted by Crippen LogP contribution is 2.36. The van der Waals surface area contributed by atoms with Gasteiger partial charge in [-0.3, -0.25) is 0 Å². The van der Waals surface area contributed by atoms with Gasteiger partial charge in [0.2, 0.25) is 0 Å². The number of hydrogen-bond acceptors (Lipinski definition) is 3. The second-order valence-corrected chi connectivity index (χ2v) is 5.25. The molecule has 0 saturated carbocycles. The van der Waals surface area contributed by atoms with Gasteiger partial charge in [0.1, 0.15) is 5.82 Å². The topological polar surface area (TPSA) is 56.2 Å². The fraction of sp³-hybridized carbons (Fsp3) is 0.0769. The number of nitrogens with zero attached hydrogens (tertiary/aromatic N) is 3. The van der Waals surface area contributed by atoms with Crippen LogP contribution in [0.5, 0.6) is 0 Å². The van der Waals surface area contributed by atoms with Gasteiger partial charge in [0, 0.05) is 22.9 Å². The zero-order valence-electron chi connectivity index (χ0n) is 10.1. The Balaban J connectivity index is 2.27. The number of anilines is 1. The van der Waals surface area contributed by atoms with Crippen LogP contribution in [0, 0.1) is 0 Å². The molecule has 2 aromatic heterocycles. The number of fused-ring (bicyclic) bond motifs is 1. The Morgan fingerprint density at radius 3 is 2.70 bits per heavy atom. The minimum absolute atomic E-state index is 0.327. The first-order valence-electron chi connectivity index (χ1n) is 5.75. The fourth-order valence-electron chi connectivity index (χ4n) is 2.01. The maximum Gasteiger partial charge on any atom is 0.161 e. The Bertz CT molecular complexity index is 798. The van der Waals surface area contributed by atoms with Crippen molar-refractivity contribution in [3.8, 4) is 11.1 Å². The van der Waals surface area contributed by atoms with Crippen LogP contribution in [0.3, 0.4) is 0 Å². The molecular weight excluding hydrogens is 319 g/mol. The van der Waals surface area contributed by atoms with E-state index < -0.39 is 0 Å². The lowest BCUT2D eigenvalue weighted by molar-refractivity contribution is 0.954. The average molecular weight is 328 g/mol. The van der Waals surface area contributed by atoms with Crippen LogP contribution in [-0.2, 0) is 5.88 Å². The number of nitrogen functional groups attached to an aromatic ring is 1. The molecule has 0 aliphatic heterocycles. The maximum atomic E-state index is 6.22. The van der Waals surface area contributed by atoms with Crippen LogP contribution in [0.2, 0.25) is 10.0 Å². The molecule has 0 bridgehead atoms. The van der Waals surface area contributed by atoms with Crippen LogP contribution in [0.25, 0.3) is 16.8 Å². The van der Waals surface area contributed by atoms with Crippen molar-refractivity contribution in [1.82, 2.24) is 14.6 Å². The van der Waals surface area contributed by atoms with E-state index in [0.29, 0.717) is 38.5 Å². The number of alkyl halides is 1. The highest BCUT2D eigenvalue weighted by atomic mass is 35.5. The van der Waals surface area contributed by atoms with Gasteiger partial charge in [0.25, 0.3) is 0 Å². The molecule has 102 valence electrons. The first kappa shape index (κ1) is 13.5. The lowest BCUT2D eigenvalue weighted by Gasteiger charge is -2.09. The Hall–Kier alpha value is -1.49. The van der Waals surface area contributed by atoms with Crippen LogP contribution >= 0.6 is 34.8 Å². The minimum Gasteiger partial charge on any atom is -0.383 e. The molecule has 0 atom stereocenters. The molecule has 2 N–H and O–H groups in total. The predicted octanol–water partition coefficient (Wildman–Crippen LogP) is 4.02. The van der Waals surface area contributed by atoms with Crippen LogP contribution in [0.15, 0.2) is 30.6 Å². The fourth-order valence-corrected chi connectivity index (χ4v) is 2.60. The first-order valence-corrected chi connectivity index (χ1v) is 7.04. The summed E-state index contributed by atoms with van der Waals surface area (Å²) in [6, 6.07) is 5.36. The lowest BCUT2D eigenvalue weighted by Crippen LogP contribution is -2.03. The predicted molar refractivity (Wildman–Crippen MR) is 82.4 cm³/mol. The van der Waals surface area contributed by atoms with Crippen molar-refractivity contribution in [2.24, 2.45) is 0 Å². The van der Waals surface area contributed by atoms with E-state index in [-0.39, 0.29) is 0 Å². The Labute approximate surface area is 130 Å². The number of hydrogen-bond donors (Lipinski definition) is 1. The number of benzene rings is 1. The Morgan fingerprint density at radius 1 is 1.15 bits per heavy atom. The monoisotopic (exact) mass is 326 g/mol. The normalized spacial score (nSPS) is 11.2. The first-order chi connectivity index (χ1) is 9.63. The van der Waals surface area contributed by atoms with Gasteiger partial charge in [-0.25, -0.2) is 4.98 Å². The molecule has 1 aromatic carbocycles. The molecule has 0 aliphatic rings. The van der Waals surface area contributed by atoms with Crippen LogP contribution in [0.1, 0.15) is 5.56 Å². The summed E-state index contributed by atoms with van der Waals surface area (Å²) in [5.41, 5.74) is 9.01. The van der Waals surface area contributed by atoms with Gasteiger partial charge in [-0.2, -0.15) is 9.61 Å². The average Bonchev–Trinajstić information content (AvgIpc) is 2.87. The molecule has 3 rings (SSSR count). The smallest absolute Gasteiger partial charge is 0.161 e. The molecule has 0 aliphatic carbocycles. The standard InChI is InChI=1S/C13H9Cl3N4/c14-4-7-5-19-20-12(17)9(6-18-13(7)20)8-2-1-3-10(15)11(8)16/h1-3,5-6H,4,17H2. The highest BCUT2D eigenvalue weighted by Gasteiger charge is 2.15. The quantitative estimate of drug-likeness (QED) is 0.723. The van der Waals surface area contributed by atoms with E-state index in [0.717, 1.165) is 5.56 Å². The van der Waals surface area contributed by atoms with Crippen molar-refractivity contribution in [2.45, 2.75) is 5.88 Å². The van der Waals surface area contributed by atoms with Gasteiger partial charge < -0.3 is 5.73 Å². The van der Waals surface area contributed by atoms with Crippen LogP contribution in [0.4, 0.5) is 5.82 Å². The largest absolute Gasteiger partial charge is 0.383 e. The van der Waals surface area contributed by atoms with Crippen molar-refractivity contribution >= 4 is 46.3 Å². The van der Waals surface area contributed by atoms with Gasteiger partial charge >= 0.3 is 0 Å². The third-order valence-corrected chi connectivity index (χ3v) is 4.13. The Kier molecular flexibility index (Phi) is 3.46. The van der Waals surface area contributed by atoms with Gasteiger partial charge in [-0.15, -0.1) is 11.6 Å².